The molecule has 1 unspecified atom stereocenters. The van der Waals surface area contributed by atoms with Gasteiger partial charge in [0.15, 0.2) is 0 Å². The SMILES string of the molecule is C#CC(CCC)NC(=O)c1ccc(CC)s1. The molecule has 1 rings (SSSR count). The lowest BCUT2D eigenvalue weighted by Gasteiger charge is -2.10. The van der Waals surface area contributed by atoms with Gasteiger partial charge < -0.3 is 5.32 Å². The Bertz CT molecular complexity index is 389. The van der Waals surface area contributed by atoms with Crippen molar-refractivity contribution >= 4 is 17.2 Å². The van der Waals surface area contributed by atoms with E-state index in [-0.39, 0.29) is 11.9 Å². The molecule has 0 saturated heterocycles. The Morgan fingerprint density at radius 2 is 2.31 bits per heavy atom. The van der Waals surface area contributed by atoms with Crippen LogP contribution in [-0.2, 0) is 6.42 Å². The van der Waals surface area contributed by atoms with E-state index in [0.717, 1.165) is 24.1 Å². The maximum Gasteiger partial charge on any atom is 0.262 e. The number of carbonyl (C=O) groups excluding carboxylic acids is 1. The lowest BCUT2D eigenvalue weighted by molar-refractivity contribution is 0.0948. The molecule has 0 radical (unpaired) electrons. The van der Waals surface area contributed by atoms with Gasteiger partial charge in [-0.05, 0) is 25.0 Å². The Labute approximate surface area is 101 Å². The van der Waals surface area contributed by atoms with Crippen LogP contribution in [0.5, 0.6) is 0 Å². The summed E-state index contributed by atoms with van der Waals surface area (Å²) in [5, 5.41) is 2.86. The predicted octanol–water partition coefficient (Wildman–Crippen LogP) is 2.84. The third-order valence-electron chi connectivity index (χ3n) is 2.32. The molecule has 0 aromatic carbocycles. The summed E-state index contributed by atoms with van der Waals surface area (Å²) in [6, 6.07) is 3.70. The molecule has 86 valence electrons. The van der Waals surface area contributed by atoms with Crippen LogP contribution in [0.4, 0.5) is 0 Å². The number of terminal acetylenes is 1. The van der Waals surface area contributed by atoms with Crippen LogP contribution in [0.15, 0.2) is 12.1 Å². The van der Waals surface area contributed by atoms with E-state index in [1.54, 1.807) is 0 Å². The first-order valence-corrected chi connectivity index (χ1v) is 6.38. The van der Waals surface area contributed by atoms with Crippen LogP contribution in [-0.4, -0.2) is 11.9 Å². The molecular weight excluding hydrogens is 218 g/mol. The summed E-state index contributed by atoms with van der Waals surface area (Å²) in [7, 11) is 0. The van der Waals surface area contributed by atoms with Gasteiger partial charge in [-0.15, -0.1) is 17.8 Å². The van der Waals surface area contributed by atoms with E-state index >= 15 is 0 Å². The van der Waals surface area contributed by atoms with E-state index in [1.807, 2.05) is 12.1 Å². The minimum absolute atomic E-state index is 0.0545. The highest BCUT2D eigenvalue weighted by Gasteiger charge is 2.12. The van der Waals surface area contributed by atoms with E-state index in [0.29, 0.717) is 0 Å². The normalized spacial score (nSPS) is 11.8. The molecule has 1 amide bonds. The lowest BCUT2D eigenvalue weighted by Crippen LogP contribution is -2.33. The topological polar surface area (TPSA) is 29.1 Å². The van der Waals surface area contributed by atoms with Crippen LogP contribution in [0, 0.1) is 12.3 Å². The molecule has 0 aliphatic heterocycles. The van der Waals surface area contributed by atoms with Crippen molar-refractivity contribution in [2.45, 2.75) is 39.2 Å². The predicted molar refractivity (Wildman–Crippen MR) is 68.7 cm³/mol. The van der Waals surface area contributed by atoms with Crippen molar-refractivity contribution in [3.63, 3.8) is 0 Å². The highest BCUT2D eigenvalue weighted by atomic mass is 32.1. The molecule has 0 saturated carbocycles. The third-order valence-corrected chi connectivity index (χ3v) is 3.55. The maximum atomic E-state index is 11.8. The highest BCUT2D eigenvalue weighted by Crippen LogP contribution is 2.16. The van der Waals surface area contributed by atoms with Crippen LogP contribution in [0.3, 0.4) is 0 Å². The van der Waals surface area contributed by atoms with Gasteiger partial charge in [0.05, 0.1) is 10.9 Å². The third kappa shape index (κ3) is 3.39. The number of carbonyl (C=O) groups is 1. The molecule has 0 aliphatic rings. The van der Waals surface area contributed by atoms with Gasteiger partial charge in [0.25, 0.3) is 5.91 Å². The summed E-state index contributed by atoms with van der Waals surface area (Å²) in [4.78, 5) is 13.8. The van der Waals surface area contributed by atoms with E-state index in [4.69, 9.17) is 6.42 Å². The molecule has 1 aromatic rings. The molecule has 16 heavy (non-hydrogen) atoms. The monoisotopic (exact) mass is 235 g/mol. The molecule has 1 aromatic heterocycles. The number of thiophene rings is 1. The van der Waals surface area contributed by atoms with Gasteiger partial charge in [0, 0.05) is 4.88 Å². The molecule has 3 heteroatoms. The summed E-state index contributed by atoms with van der Waals surface area (Å²) < 4.78 is 0. The number of amides is 1. The van der Waals surface area contributed by atoms with E-state index in [1.165, 1.54) is 16.2 Å². The highest BCUT2D eigenvalue weighted by molar-refractivity contribution is 7.14. The van der Waals surface area contributed by atoms with Crippen LogP contribution in [0.1, 0.15) is 41.2 Å². The molecule has 0 spiro atoms. The fraction of sp³-hybridized carbons (Fsp3) is 0.462. The number of hydrogen-bond donors (Lipinski definition) is 1. The Hall–Kier alpha value is -1.27. The Morgan fingerprint density at radius 1 is 1.56 bits per heavy atom. The minimum Gasteiger partial charge on any atom is -0.338 e. The summed E-state index contributed by atoms with van der Waals surface area (Å²) in [6.07, 6.45) is 8.12. The van der Waals surface area contributed by atoms with Crippen molar-refractivity contribution < 1.29 is 4.79 Å². The largest absolute Gasteiger partial charge is 0.338 e. The van der Waals surface area contributed by atoms with Crippen LogP contribution in [0.25, 0.3) is 0 Å². The average Bonchev–Trinajstić information content (AvgIpc) is 2.76. The second-order valence-corrected chi connectivity index (χ2v) is 4.77. The van der Waals surface area contributed by atoms with Crippen LogP contribution < -0.4 is 5.32 Å². The van der Waals surface area contributed by atoms with Crippen LogP contribution in [0.2, 0.25) is 0 Å². The smallest absolute Gasteiger partial charge is 0.262 e. The first-order valence-electron chi connectivity index (χ1n) is 5.57. The van der Waals surface area contributed by atoms with Crippen molar-refractivity contribution in [1.29, 1.82) is 0 Å². The van der Waals surface area contributed by atoms with Gasteiger partial charge in [-0.25, -0.2) is 0 Å². The second-order valence-electron chi connectivity index (χ2n) is 3.60. The van der Waals surface area contributed by atoms with Crippen molar-refractivity contribution in [3.05, 3.63) is 21.9 Å². The summed E-state index contributed by atoms with van der Waals surface area (Å²) in [5.74, 6) is 2.54. The van der Waals surface area contributed by atoms with E-state index in [9.17, 15) is 4.79 Å². The Balaban J connectivity index is 2.61. The zero-order valence-corrected chi connectivity index (χ0v) is 10.6. The Kier molecular flexibility index (Phi) is 5.07. The molecule has 1 atom stereocenters. The van der Waals surface area contributed by atoms with Gasteiger partial charge in [0.1, 0.15) is 0 Å². The fourth-order valence-electron chi connectivity index (χ4n) is 1.41. The van der Waals surface area contributed by atoms with Gasteiger partial charge in [-0.2, -0.15) is 0 Å². The first-order chi connectivity index (χ1) is 7.71. The quantitative estimate of drug-likeness (QED) is 0.781. The number of aryl methyl sites for hydroxylation is 1. The Morgan fingerprint density at radius 3 is 2.81 bits per heavy atom. The molecule has 0 aliphatic carbocycles. The summed E-state index contributed by atoms with van der Waals surface area (Å²) >= 11 is 1.53. The first kappa shape index (κ1) is 12.8. The lowest BCUT2D eigenvalue weighted by atomic mass is 10.2. The van der Waals surface area contributed by atoms with Crippen molar-refractivity contribution in [2.24, 2.45) is 0 Å². The molecule has 1 heterocycles. The molecule has 0 bridgehead atoms. The number of nitrogens with one attached hydrogen (secondary N) is 1. The maximum absolute atomic E-state index is 11.8. The van der Waals surface area contributed by atoms with Crippen molar-refractivity contribution in [2.75, 3.05) is 0 Å². The molecule has 0 fully saturated rings. The molecular formula is C13H17NOS. The zero-order chi connectivity index (χ0) is 12.0. The number of hydrogen-bond acceptors (Lipinski definition) is 2. The van der Waals surface area contributed by atoms with Gasteiger partial charge in [0.2, 0.25) is 0 Å². The number of rotatable bonds is 5. The zero-order valence-electron chi connectivity index (χ0n) is 9.75. The average molecular weight is 235 g/mol. The van der Waals surface area contributed by atoms with Crippen LogP contribution >= 0.6 is 11.3 Å². The fourth-order valence-corrected chi connectivity index (χ4v) is 2.26. The minimum atomic E-state index is -0.148. The summed E-state index contributed by atoms with van der Waals surface area (Å²) in [5.41, 5.74) is 0. The standard InChI is InChI=1S/C13H17NOS/c1-4-7-10(5-2)14-13(15)12-9-8-11(6-3)16-12/h2,8-10H,4,6-7H2,1,3H3,(H,14,15). The van der Waals surface area contributed by atoms with E-state index < -0.39 is 0 Å². The van der Waals surface area contributed by atoms with Gasteiger partial charge in [-0.1, -0.05) is 26.2 Å². The van der Waals surface area contributed by atoms with Gasteiger partial charge >= 0.3 is 0 Å². The summed E-state index contributed by atoms with van der Waals surface area (Å²) in [6.45, 7) is 4.13. The molecule has 2 nitrogen and oxygen atoms in total. The van der Waals surface area contributed by atoms with Crippen molar-refractivity contribution in [3.8, 4) is 12.3 Å². The molecule has 1 N–H and O–H groups in total. The van der Waals surface area contributed by atoms with Gasteiger partial charge in [-0.3, -0.25) is 4.79 Å². The van der Waals surface area contributed by atoms with Crippen molar-refractivity contribution in [1.82, 2.24) is 5.32 Å². The second kappa shape index (κ2) is 6.34. The van der Waals surface area contributed by atoms with E-state index in [2.05, 4.69) is 25.1 Å².